The molecule has 6 N–H and O–H groups in total. The molecule has 0 bridgehead atoms. The van der Waals surface area contributed by atoms with Gasteiger partial charge in [0.1, 0.15) is 29.3 Å². The topological polar surface area (TPSA) is 202 Å². The van der Waals surface area contributed by atoms with Crippen LogP contribution in [0.2, 0.25) is 5.02 Å². The summed E-state index contributed by atoms with van der Waals surface area (Å²) in [6, 6.07) is 15.2. The number of hydrogen-bond acceptors (Lipinski definition) is 12. The lowest BCUT2D eigenvalue weighted by atomic mass is 9.92. The van der Waals surface area contributed by atoms with Gasteiger partial charge in [-0.05, 0) is 89.1 Å². The Hall–Kier alpha value is -4.51. The van der Waals surface area contributed by atoms with Crippen molar-refractivity contribution in [1.29, 1.82) is 0 Å². The minimum absolute atomic E-state index is 0.0258. The lowest BCUT2D eigenvalue weighted by Gasteiger charge is -2.24. The fourth-order valence-corrected chi connectivity index (χ4v) is 6.04. The molecule has 54 heavy (non-hydrogen) atoms. The van der Waals surface area contributed by atoms with E-state index in [1.807, 2.05) is 50.2 Å². The highest BCUT2D eigenvalue weighted by atomic mass is 79.9. The highest BCUT2D eigenvalue weighted by Gasteiger charge is 2.33. The minimum atomic E-state index is -1.56. The van der Waals surface area contributed by atoms with Crippen LogP contribution in [0.3, 0.4) is 0 Å². The fourth-order valence-electron chi connectivity index (χ4n) is 5.33. The Kier molecular flexibility index (Phi) is 14.2. The van der Waals surface area contributed by atoms with Gasteiger partial charge in [0.25, 0.3) is 0 Å². The lowest BCUT2D eigenvalue weighted by Crippen LogP contribution is -2.52. The molecule has 2 aromatic heterocycles. The monoisotopic (exact) mass is 830 g/mol. The van der Waals surface area contributed by atoms with E-state index in [-0.39, 0.29) is 54.8 Å². The van der Waals surface area contributed by atoms with Gasteiger partial charge < -0.3 is 39.4 Å². The molecule has 0 radical (unpaired) electrons. The van der Waals surface area contributed by atoms with Crippen molar-refractivity contribution in [2.24, 2.45) is 0 Å². The molecule has 0 saturated heterocycles. The molecule has 0 saturated carbocycles. The zero-order valence-electron chi connectivity index (χ0n) is 30.8. The summed E-state index contributed by atoms with van der Waals surface area (Å²) in [6.45, 7) is 6.01. The lowest BCUT2D eigenvalue weighted by molar-refractivity contribution is -0.146. The van der Waals surface area contributed by atoms with E-state index in [9.17, 15) is 30.0 Å². The van der Waals surface area contributed by atoms with E-state index in [0.717, 1.165) is 33.4 Å². The van der Waals surface area contributed by atoms with Crippen molar-refractivity contribution >= 4 is 39.5 Å². The summed E-state index contributed by atoms with van der Waals surface area (Å²) < 4.78 is 23.6. The average molecular weight is 832 g/mol. The smallest absolute Gasteiger partial charge is 0.326 e. The summed E-state index contributed by atoms with van der Waals surface area (Å²) in [4.78, 5) is 32.1. The highest BCUT2D eigenvalue weighted by molar-refractivity contribution is 9.10. The molecule has 2 atom stereocenters. The molecule has 4 aromatic rings. The maximum Gasteiger partial charge on any atom is 0.326 e. The van der Waals surface area contributed by atoms with Gasteiger partial charge >= 0.3 is 11.9 Å². The summed E-state index contributed by atoms with van der Waals surface area (Å²) in [7, 11) is 2.89. The third-order valence-corrected chi connectivity index (χ3v) is 10.0. The Morgan fingerprint density at radius 3 is 1.57 bits per heavy atom. The Morgan fingerprint density at radius 2 is 1.15 bits per heavy atom. The maximum absolute atomic E-state index is 11.6. The van der Waals surface area contributed by atoms with Gasteiger partial charge in [-0.3, -0.25) is 20.2 Å². The van der Waals surface area contributed by atoms with E-state index in [1.165, 1.54) is 28.1 Å². The number of aromatic nitrogens is 2. The van der Waals surface area contributed by atoms with E-state index in [2.05, 4.69) is 36.5 Å². The van der Waals surface area contributed by atoms with Crippen molar-refractivity contribution < 1.29 is 49.0 Å². The first-order chi connectivity index (χ1) is 25.6. The molecular weight excluding hydrogens is 788 g/mol. The second kappa shape index (κ2) is 18.2. The number of carboxylic acids is 2. The molecular formula is C38H44BrClN4O10. The third-order valence-electron chi connectivity index (χ3n) is 9.18. The maximum atomic E-state index is 11.6. The first kappa shape index (κ1) is 42.2. The van der Waals surface area contributed by atoms with Crippen LogP contribution in [-0.4, -0.2) is 80.8 Å². The van der Waals surface area contributed by atoms with Crippen molar-refractivity contribution in [2.45, 2.75) is 65.1 Å². The first-order valence-electron chi connectivity index (χ1n) is 16.7. The Balaban J connectivity index is 1.50. The molecule has 0 spiro atoms. The number of ether oxygens (including phenoxy) is 4. The summed E-state index contributed by atoms with van der Waals surface area (Å²) in [5.74, 6) is -1.52. The molecule has 2 heterocycles. The van der Waals surface area contributed by atoms with Crippen LogP contribution in [0.15, 0.2) is 53.0 Å². The van der Waals surface area contributed by atoms with Gasteiger partial charge in [0, 0.05) is 24.2 Å². The number of aliphatic hydroxyl groups is 2. The number of methoxy groups -OCH3 is 2. The van der Waals surface area contributed by atoms with Crippen molar-refractivity contribution in [3.8, 4) is 34.6 Å². The van der Waals surface area contributed by atoms with Gasteiger partial charge in [0.05, 0.1) is 31.9 Å². The van der Waals surface area contributed by atoms with E-state index in [1.54, 1.807) is 12.1 Å². The zero-order chi connectivity index (χ0) is 39.8. The molecule has 0 aliphatic rings. The van der Waals surface area contributed by atoms with E-state index < -0.39 is 36.2 Å². The van der Waals surface area contributed by atoms with Crippen molar-refractivity contribution in [3.63, 3.8) is 0 Å². The predicted octanol–water partition coefficient (Wildman–Crippen LogP) is 5.20. The number of pyridine rings is 2. The number of hydrogen-bond donors (Lipinski definition) is 6. The number of carbonyl (C=O) groups is 2. The molecule has 0 unspecified atom stereocenters. The summed E-state index contributed by atoms with van der Waals surface area (Å²) in [6.07, 6.45) is 0. The molecule has 0 aliphatic heterocycles. The Bertz CT molecular complexity index is 1860. The van der Waals surface area contributed by atoms with E-state index in [4.69, 9.17) is 30.5 Å². The summed E-state index contributed by atoms with van der Waals surface area (Å²) in [5.41, 5.74) is 3.75. The van der Waals surface area contributed by atoms with Crippen molar-refractivity contribution in [3.05, 3.63) is 91.4 Å². The normalized spacial score (nSPS) is 13.4. The summed E-state index contributed by atoms with van der Waals surface area (Å²) >= 11 is 10.0. The van der Waals surface area contributed by atoms with Crippen LogP contribution >= 0.6 is 27.5 Å². The fraction of sp³-hybridized carbons (Fsp3) is 0.368. The van der Waals surface area contributed by atoms with E-state index in [0.29, 0.717) is 15.6 Å². The van der Waals surface area contributed by atoms with Gasteiger partial charge in [-0.15, -0.1) is 0 Å². The largest absolute Gasteiger partial charge is 0.481 e. The molecule has 0 amide bonds. The van der Waals surface area contributed by atoms with Crippen LogP contribution in [-0.2, 0) is 35.9 Å². The molecule has 2 aromatic carbocycles. The number of rotatable bonds is 19. The zero-order valence-corrected chi connectivity index (χ0v) is 33.1. The number of aliphatic carboxylic acids is 2. The number of nitrogens with zero attached hydrogens (tertiary/aromatic N) is 2. The Labute approximate surface area is 326 Å². The average Bonchev–Trinajstić information content (AvgIpc) is 3.15. The van der Waals surface area contributed by atoms with Gasteiger partial charge in [-0.2, -0.15) is 9.97 Å². The van der Waals surface area contributed by atoms with Crippen LogP contribution in [0.4, 0.5) is 0 Å². The van der Waals surface area contributed by atoms with Crippen molar-refractivity contribution in [2.75, 3.05) is 27.4 Å². The number of nitrogens with one attached hydrogen (secondary N) is 2. The Morgan fingerprint density at radius 1 is 0.722 bits per heavy atom. The van der Waals surface area contributed by atoms with Crippen LogP contribution in [0.25, 0.3) is 11.1 Å². The standard InChI is InChI=1S/C38H44BrClN4O10/c1-21-23(17-53-33-29(39)13-25(31(43-33)51-5)15-41-37(3,19-45)35(47)48)9-7-11-27(21)28-12-8-10-24(22(28)2)18-54-34-30(40)14-26(32(44-34)52-6)16-42-38(4,20-46)36(49)50/h7-14,41-42,45-46H,15-20H2,1-6H3,(H,47,48)(H,49,50)/t37-,38-/m1/s1. The second-order valence-corrected chi connectivity index (χ2v) is 14.2. The van der Waals surface area contributed by atoms with Crippen LogP contribution in [0.5, 0.6) is 23.5 Å². The molecule has 14 nitrogen and oxygen atoms in total. The quantitative estimate of drug-likeness (QED) is 0.0720. The number of aliphatic hydroxyl groups excluding tert-OH is 2. The SMILES string of the molecule is COc1nc(OCc2cccc(-c3cccc(COc4nc(OC)c(CN[C@](C)(CO)C(=O)O)cc4Br)c3C)c2C)c(Cl)cc1CN[C@](C)(CO)C(=O)O. The number of halogens is 2. The second-order valence-electron chi connectivity index (χ2n) is 12.9. The minimum Gasteiger partial charge on any atom is -0.481 e. The summed E-state index contributed by atoms with van der Waals surface area (Å²) in [5, 5.41) is 43.9. The predicted molar refractivity (Wildman–Crippen MR) is 204 cm³/mol. The van der Waals surface area contributed by atoms with Gasteiger partial charge in [0.15, 0.2) is 0 Å². The first-order valence-corrected chi connectivity index (χ1v) is 17.9. The van der Waals surface area contributed by atoms with Gasteiger partial charge in [-0.1, -0.05) is 48.0 Å². The van der Waals surface area contributed by atoms with Crippen LogP contribution in [0, 0.1) is 13.8 Å². The van der Waals surface area contributed by atoms with Crippen LogP contribution < -0.4 is 29.6 Å². The van der Waals surface area contributed by atoms with Gasteiger partial charge in [0.2, 0.25) is 23.5 Å². The molecule has 0 fully saturated rings. The molecule has 16 heteroatoms. The molecule has 0 aliphatic carbocycles. The highest BCUT2D eigenvalue weighted by Crippen LogP contribution is 2.34. The van der Waals surface area contributed by atoms with E-state index >= 15 is 0 Å². The number of benzene rings is 2. The molecule has 4 rings (SSSR count). The van der Waals surface area contributed by atoms with Crippen LogP contribution in [0.1, 0.15) is 47.2 Å². The number of carboxylic acid groups (broad SMARTS) is 2. The van der Waals surface area contributed by atoms with Crippen molar-refractivity contribution in [1.82, 2.24) is 20.6 Å². The van der Waals surface area contributed by atoms with Gasteiger partial charge in [-0.25, -0.2) is 0 Å². The molecule has 290 valence electrons. The third kappa shape index (κ3) is 9.58.